The summed E-state index contributed by atoms with van der Waals surface area (Å²) in [6, 6.07) is 13.1. The van der Waals surface area contributed by atoms with Gasteiger partial charge >= 0.3 is 11.9 Å². The van der Waals surface area contributed by atoms with Gasteiger partial charge in [-0.25, -0.2) is 4.79 Å². The molecule has 3 N–H and O–H groups in total. The third-order valence-corrected chi connectivity index (χ3v) is 5.10. The first-order valence-corrected chi connectivity index (χ1v) is 10.2. The van der Waals surface area contributed by atoms with Crippen molar-refractivity contribution in [2.24, 2.45) is 0 Å². The summed E-state index contributed by atoms with van der Waals surface area (Å²) in [4.78, 5) is 41.5. The first kappa shape index (κ1) is 24.8. The second-order valence-corrected chi connectivity index (χ2v) is 7.48. The van der Waals surface area contributed by atoms with E-state index in [1.54, 1.807) is 30.3 Å². The molecule has 0 aliphatic heterocycles. The molecule has 0 aliphatic rings. The highest BCUT2D eigenvalue weighted by Gasteiger charge is 2.31. The minimum absolute atomic E-state index is 0.0198. The van der Waals surface area contributed by atoms with Crippen LogP contribution in [0.1, 0.15) is 16.7 Å². The van der Waals surface area contributed by atoms with Gasteiger partial charge in [0.15, 0.2) is 5.69 Å². The summed E-state index contributed by atoms with van der Waals surface area (Å²) < 4.78 is 45.4. The van der Waals surface area contributed by atoms with Gasteiger partial charge in [-0.3, -0.25) is 24.0 Å². The summed E-state index contributed by atoms with van der Waals surface area (Å²) >= 11 is 0. The van der Waals surface area contributed by atoms with Gasteiger partial charge in [-0.15, -0.1) is 0 Å². The number of nitrogens with one attached hydrogen (secondary N) is 1. The standard InChI is InChI=1S/C23H23F3N4O4/c1-34-11-10-29-20(27)19(21(32)28-22(29)33)30(14-15-6-3-2-4-7-15)18(31)13-16-8-5-9-17(12-16)23(24,25)26/h2-9,12H,10-11,13-14,27H2,1H3,(H,28,32,33). The van der Waals surface area contributed by atoms with Gasteiger partial charge in [0.25, 0.3) is 5.56 Å². The van der Waals surface area contributed by atoms with Gasteiger partial charge in [0, 0.05) is 7.11 Å². The Balaban J connectivity index is 2.06. The normalized spacial score (nSPS) is 11.4. The number of nitrogens with two attached hydrogens (primary N) is 1. The van der Waals surface area contributed by atoms with E-state index < -0.39 is 35.3 Å². The molecule has 0 saturated carbocycles. The van der Waals surface area contributed by atoms with E-state index in [0.717, 1.165) is 21.6 Å². The maximum atomic E-state index is 13.3. The van der Waals surface area contributed by atoms with Crippen molar-refractivity contribution in [2.75, 3.05) is 24.4 Å². The van der Waals surface area contributed by atoms with Crippen LogP contribution < -0.4 is 21.9 Å². The molecule has 34 heavy (non-hydrogen) atoms. The predicted molar refractivity (Wildman–Crippen MR) is 120 cm³/mol. The van der Waals surface area contributed by atoms with Crippen molar-refractivity contribution in [3.05, 3.63) is 92.1 Å². The van der Waals surface area contributed by atoms with Crippen LogP contribution in [0, 0.1) is 0 Å². The highest BCUT2D eigenvalue weighted by molar-refractivity contribution is 5.96. The molecule has 8 nitrogen and oxygen atoms in total. The van der Waals surface area contributed by atoms with Gasteiger partial charge in [0.1, 0.15) is 5.82 Å². The Kier molecular flexibility index (Phi) is 7.57. The highest BCUT2D eigenvalue weighted by atomic mass is 19.4. The van der Waals surface area contributed by atoms with Crippen molar-refractivity contribution in [3.8, 4) is 0 Å². The number of nitrogens with zero attached hydrogens (tertiary/aromatic N) is 2. The number of benzene rings is 2. The second kappa shape index (κ2) is 10.4. The van der Waals surface area contributed by atoms with Crippen molar-refractivity contribution in [1.29, 1.82) is 0 Å². The number of amides is 1. The smallest absolute Gasteiger partial charge is 0.383 e. The Morgan fingerprint density at radius 3 is 2.41 bits per heavy atom. The molecule has 1 amide bonds. The zero-order chi connectivity index (χ0) is 24.9. The molecular formula is C23H23F3N4O4. The average molecular weight is 476 g/mol. The van der Waals surface area contributed by atoms with E-state index in [1.165, 1.54) is 19.2 Å². The SMILES string of the molecule is COCCn1c(N)c(N(Cc2ccccc2)C(=O)Cc2cccc(C(F)(F)F)c2)c(=O)[nH]c1=O. The number of carbonyl (C=O) groups excluding carboxylic acids is 1. The monoisotopic (exact) mass is 476 g/mol. The molecule has 180 valence electrons. The molecule has 0 unspecified atom stereocenters. The Labute approximate surface area is 192 Å². The number of methoxy groups -OCH3 is 1. The maximum Gasteiger partial charge on any atom is 0.416 e. The number of rotatable bonds is 8. The first-order valence-electron chi connectivity index (χ1n) is 10.2. The molecule has 0 bridgehead atoms. The molecule has 0 fully saturated rings. The van der Waals surface area contributed by atoms with Gasteiger partial charge in [0.05, 0.1) is 31.7 Å². The summed E-state index contributed by atoms with van der Waals surface area (Å²) in [6.45, 7) is 0.0484. The number of carbonyl (C=O) groups is 1. The first-order chi connectivity index (χ1) is 16.1. The molecule has 0 atom stereocenters. The van der Waals surface area contributed by atoms with Gasteiger partial charge in [-0.05, 0) is 17.2 Å². The number of ether oxygens (including phenoxy) is 1. The van der Waals surface area contributed by atoms with E-state index in [2.05, 4.69) is 4.98 Å². The zero-order valence-corrected chi connectivity index (χ0v) is 18.3. The van der Waals surface area contributed by atoms with Gasteiger partial charge < -0.3 is 10.5 Å². The average Bonchev–Trinajstić information content (AvgIpc) is 2.78. The van der Waals surface area contributed by atoms with Crippen molar-refractivity contribution >= 4 is 17.4 Å². The van der Waals surface area contributed by atoms with Crippen LogP contribution in [-0.2, 0) is 35.2 Å². The van der Waals surface area contributed by atoms with E-state index in [9.17, 15) is 27.6 Å². The summed E-state index contributed by atoms with van der Waals surface area (Å²) in [5, 5.41) is 0. The lowest BCUT2D eigenvalue weighted by molar-refractivity contribution is -0.137. The molecule has 0 spiro atoms. The minimum atomic E-state index is -4.57. The molecule has 11 heteroatoms. The maximum absolute atomic E-state index is 13.3. The van der Waals surface area contributed by atoms with E-state index in [0.29, 0.717) is 5.56 Å². The van der Waals surface area contributed by atoms with Crippen molar-refractivity contribution in [3.63, 3.8) is 0 Å². The van der Waals surface area contributed by atoms with Crippen LogP contribution in [0.5, 0.6) is 0 Å². The Bertz CT molecular complexity index is 1270. The lowest BCUT2D eigenvalue weighted by Gasteiger charge is -2.25. The number of H-pyrrole nitrogens is 1. The van der Waals surface area contributed by atoms with E-state index in [4.69, 9.17) is 10.5 Å². The van der Waals surface area contributed by atoms with Crippen LogP contribution in [0.4, 0.5) is 24.7 Å². The zero-order valence-electron chi connectivity index (χ0n) is 18.3. The summed E-state index contributed by atoms with van der Waals surface area (Å²) in [5.74, 6) is -0.920. The second-order valence-electron chi connectivity index (χ2n) is 7.48. The number of aromatic nitrogens is 2. The molecule has 0 radical (unpaired) electrons. The molecular weight excluding hydrogens is 453 g/mol. The molecule has 3 rings (SSSR count). The van der Waals surface area contributed by atoms with Crippen LogP contribution >= 0.6 is 0 Å². The fourth-order valence-electron chi connectivity index (χ4n) is 3.43. The fraction of sp³-hybridized carbons (Fsp3) is 0.261. The Hall–Kier alpha value is -3.86. The summed E-state index contributed by atoms with van der Waals surface area (Å²) in [5.41, 5.74) is 4.08. The number of halogens is 3. The molecule has 1 heterocycles. The van der Waals surface area contributed by atoms with Gasteiger partial charge in [-0.1, -0.05) is 48.5 Å². The van der Waals surface area contributed by atoms with Crippen molar-refractivity contribution in [1.82, 2.24) is 9.55 Å². The number of nitrogen functional groups attached to an aromatic ring is 1. The van der Waals surface area contributed by atoms with Crippen molar-refractivity contribution < 1.29 is 22.7 Å². The number of aromatic amines is 1. The third kappa shape index (κ3) is 5.73. The predicted octanol–water partition coefficient (Wildman–Crippen LogP) is 2.56. The van der Waals surface area contributed by atoms with Crippen LogP contribution in [0.3, 0.4) is 0 Å². The van der Waals surface area contributed by atoms with Gasteiger partial charge in [0.2, 0.25) is 5.91 Å². The van der Waals surface area contributed by atoms with E-state index in [1.807, 2.05) is 0 Å². The third-order valence-electron chi connectivity index (χ3n) is 5.10. The molecule has 2 aromatic carbocycles. The van der Waals surface area contributed by atoms with Crippen LogP contribution in [0.25, 0.3) is 0 Å². The number of anilines is 2. The van der Waals surface area contributed by atoms with Crippen molar-refractivity contribution in [2.45, 2.75) is 25.7 Å². The largest absolute Gasteiger partial charge is 0.416 e. The molecule has 0 aliphatic carbocycles. The van der Waals surface area contributed by atoms with Crippen LogP contribution in [-0.4, -0.2) is 29.2 Å². The topological polar surface area (TPSA) is 110 Å². The Morgan fingerprint density at radius 1 is 1.09 bits per heavy atom. The van der Waals surface area contributed by atoms with Gasteiger partial charge in [-0.2, -0.15) is 13.2 Å². The molecule has 1 aromatic heterocycles. The molecule has 3 aromatic rings. The number of alkyl halides is 3. The summed E-state index contributed by atoms with van der Waals surface area (Å²) in [7, 11) is 1.42. The number of hydrogen-bond donors (Lipinski definition) is 2. The summed E-state index contributed by atoms with van der Waals surface area (Å²) in [6.07, 6.45) is -4.99. The quantitative estimate of drug-likeness (QED) is 0.519. The highest BCUT2D eigenvalue weighted by Crippen LogP contribution is 2.30. The van der Waals surface area contributed by atoms with E-state index in [-0.39, 0.29) is 36.8 Å². The van der Waals surface area contributed by atoms with Crippen LogP contribution in [0.2, 0.25) is 0 Å². The van der Waals surface area contributed by atoms with Crippen LogP contribution in [0.15, 0.2) is 64.2 Å². The van der Waals surface area contributed by atoms with E-state index >= 15 is 0 Å². The molecule has 0 saturated heterocycles. The lowest BCUT2D eigenvalue weighted by Crippen LogP contribution is -2.41. The number of hydrogen-bond acceptors (Lipinski definition) is 5. The Morgan fingerprint density at radius 2 is 1.76 bits per heavy atom. The lowest BCUT2D eigenvalue weighted by atomic mass is 10.1. The minimum Gasteiger partial charge on any atom is -0.383 e. The fourth-order valence-corrected chi connectivity index (χ4v) is 3.43.